The first-order valence-corrected chi connectivity index (χ1v) is 7.82. The van der Waals surface area contributed by atoms with Crippen molar-refractivity contribution in [3.05, 3.63) is 0 Å². The largest absolute Gasteiger partial charge is 0.479 e. The predicted octanol–water partition coefficient (Wildman–Crippen LogP) is 3.08. The van der Waals surface area contributed by atoms with Crippen molar-refractivity contribution in [2.45, 2.75) is 71.9 Å². The van der Waals surface area contributed by atoms with Gasteiger partial charge in [0.1, 0.15) is 0 Å². The van der Waals surface area contributed by atoms with Gasteiger partial charge in [0.05, 0.1) is 0 Å². The van der Waals surface area contributed by atoms with E-state index >= 15 is 0 Å². The number of rotatable bonds is 12. The third-order valence-corrected chi connectivity index (χ3v) is 3.72. The number of nitrogens with one attached hydrogen (secondary N) is 1. The van der Waals surface area contributed by atoms with Gasteiger partial charge >= 0.3 is 5.97 Å². The maximum absolute atomic E-state index is 11.8. The van der Waals surface area contributed by atoms with Crippen LogP contribution in [0.5, 0.6) is 0 Å². The fourth-order valence-corrected chi connectivity index (χ4v) is 2.65. The molecular weight excluding hydrogens is 240 g/mol. The molecule has 0 aromatic rings. The average molecular weight is 272 g/mol. The minimum atomic E-state index is -0.884. The van der Waals surface area contributed by atoms with Gasteiger partial charge in [0.2, 0.25) is 0 Å². The fourth-order valence-electron chi connectivity index (χ4n) is 2.65. The summed E-state index contributed by atoms with van der Waals surface area (Å²) in [6.45, 7) is 10.6. The Bertz CT molecular complexity index is 242. The molecule has 1 unspecified atom stereocenters. The molecule has 0 aliphatic rings. The molecule has 0 saturated heterocycles. The SMILES string of the molecule is CCCCCCNC(CCC)(C(=O)O)N(CC)CC. The van der Waals surface area contributed by atoms with Gasteiger partial charge in [0.15, 0.2) is 5.66 Å². The summed E-state index contributed by atoms with van der Waals surface area (Å²) >= 11 is 0. The molecule has 2 N–H and O–H groups in total. The smallest absolute Gasteiger partial charge is 0.339 e. The van der Waals surface area contributed by atoms with Crippen molar-refractivity contribution in [3.8, 4) is 0 Å². The van der Waals surface area contributed by atoms with Crippen molar-refractivity contribution in [2.75, 3.05) is 19.6 Å². The van der Waals surface area contributed by atoms with Crippen LogP contribution in [0.1, 0.15) is 66.2 Å². The van der Waals surface area contributed by atoms with Gasteiger partial charge in [-0.05, 0) is 32.5 Å². The lowest BCUT2D eigenvalue weighted by Crippen LogP contribution is -2.64. The molecule has 0 aromatic heterocycles. The Morgan fingerprint density at radius 2 is 1.68 bits per heavy atom. The number of carboxylic acid groups (broad SMARTS) is 1. The zero-order valence-corrected chi connectivity index (χ0v) is 13.2. The lowest BCUT2D eigenvalue weighted by molar-refractivity contribution is -0.155. The average Bonchev–Trinajstić information content (AvgIpc) is 2.39. The van der Waals surface area contributed by atoms with E-state index in [0.717, 1.165) is 32.5 Å². The van der Waals surface area contributed by atoms with Crippen LogP contribution >= 0.6 is 0 Å². The summed E-state index contributed by atoms with van der Waals surface area (Å²) in [6.07, 6.45) is 6.16. The zero-order valence-electron chi connectivity index (χ0n) is 13.2. The highest BCUT2D eigenvalue weighted by atomic mass is 16.4. The van der Waals surface area contributed by atoms with Crippen LogP contribution in [0.3, 0.4) is 0 Å². The van der Waals surface area contributed by atoms with E-state index in [1.54, 1.807) is 0 Å². The Labute approximate surface area is 118 Å². The molecule has 0 heterocycles. The van der Waals surface area contributed by atoms with Crippen LogP contribution in [0.15, 0.2) is 0 Å². The second kappa shape index (κ2) is 10.2. The molecule has 0 aliphatic carbocycles. The molecular formula is C15H32N2O2. The first kappa shape index (κ1) is 18.4. The second-order valence-corrected chi connectivity index (χ2v) is 5.08. The quantitative estimate of drug-likeness (QED) is 0.423. The minimum Gasteiger partial charge on any atom is -0.479 e. The van der Waals surface area contributed by atoms with Crippen molar-refractivity contribution in [3.63, 3.8) is 0 Å². The number of likely N-dealkylation sites (N-methyl/N-ethyl adjacent to an activating group) is 1. The van der Waals surface area contributed by atoms with Gasteiger partial charge in [-0.25, -0.2) is 4.79 Å². The number of carboxylic acids is 1. The summed E-state index contributed by atoms with van der Waals surface area (Å²) in [4.78, 5) is 13.8. The van der Waals surface area contributed by atoms with E-state index in [1.165, 1.54) is 19.3 Å². The van der Waals surface area contributed by atoms with Gasteiger partial charge in [-0.2, -0.15) is 0 Å². The van der Waals surface area contributed by atoms with E-state index in [0.29, 0.717) is 6.42 Å². The molecule has 0 fully saturated rings. The third-order valence-electron chi connectivity index (χ3n) is 3.72. The molecule has 0 bridgehead atoms. The van der Waals surface area contributed by atoms with Crippen molar-refractivity contribution in [1.29, 1.82) is 0 Å². The lowest BCUT2D eigenvalue weighted by Gasteiger charge is -2.40. The Morgan fingerprint density at radius 3 is 2.11 bits per heavy atom. The highest BCUT2D eigenvalue weighted by Gasteiger charge is 2.41. The number of unbranched alkanes of at least 4 members (excludes halogenated alkanes) is 3. The van der Waals surface area contributed by atoms with Crippen molar-refractivity contribution in [2.24, 2.45) is 0 Å². The zero-order chi connectivity index (χ0) is 14.7. The molecule has 4 heteroatoms. The molecule has 0 saturated carbocycles. The Hall–Kier alpha value is -0.610. The van der Waals surface area contributed by atoms with Gasteiger partial charge < -0.3 is 5.11 Å². The third kappa shape index (κ3) is 5.49. The molecule has 4 nitrogen and oxygen atoms in total. The molecule has 0 amide bonds. The van der Waals surface area contributed by atoms with Gasteiger partial charge in [0.25, 0.3) is 0 Å². The molecule has 114 valence electrons. The number of aliphatic carboxylic acids is 1. The van der Waals surface area contributed by atoms with Crippen LogP contribution in [0, 0.1) is 0 Å². The summed E-state index contributed by atoms with van der Waals surface area (Å²) in [5.41, 5.74) is -0.884. The van der Waals surface area contributed by atoms with E-state index in [2.05, 4.69) is 12.2 Å². The molecule has 0 rings (SSSR count). The van der Waals surface area contributed by atoms with Crippen LogP contribution < -0.4 is 5.32 Å². The number of carbonyl (C=O) groups is 1. The molecule has 1 atom stereocenters. The van der Waals surface area contributed by atoms with E-state index in [1.807, 2.05) is 25.7 Å². The van der Waals surface area contributed by atoms with E-state index < -0.39 is 11.6 Å². The fraction of sp³-hybridized carbons (Fsp3) is 0.933. The van der Waals surface area contributed by atoms with Gasteiger partial charge in [-0.15, -0.1) is 0 Å². The number of hydrogen-bond donors (Lipinski definition) is 2. The lowest BCUT2D eigenvalue weighted by atomic mass is 10.0. The molecule has 0 spiro atoms. The first-order valence-electron chi connectivity index (χ1n) is 7.82. The maximum Gasteiger partial charge on any atom is 0.339 e. The number of nitrogens with zero attached hydrogens (tertiary/aromatic N) is 1. The van der Waals surface area contributed by atoms with Crippen LogP contribution in [0.2, 0.25) is 0 Å². The van der Waals surface area contributed by atoms with Crippen LogP contribution in [-0.4, -0.2) is 41.3 Å². The monoisotopic (exact) mass is 272 g/mol. The topological polar surface area (TPSA) is 52.6 Å². The maximum atomic E-state index is 11.8. The predicted molar refractivity (Wildman–Crippen MR) is 80.3 cm³/mol. The van der Waals surface area contributed by atoms with Gasteiger partial charge in [-0.1, -0.05) is 53.4 Å². The van der Waals surface area contributed by atoms with Crippen LogP contribution in [-0.2, 0) is 4.79 Å². The van der Waals surface area contributed by atoms with E-state index in [4.69, 9.17) is 0 Å². The highest BCUT2D eigenvalue weighted by molar-refractivity contribution is 5.78. The first-order chi connectivity index (χ1) is 9.08. The Morgan fingerprint density at radius 1 is 1.05 bits per heavy atom. The Balaban J connectivity index is 4.67. The summed E-state index contributed by atoms with van der Waals surface area (Å²) in [5.74, 6) is -0.742. The summed E-state index contributed by atoms with van der Waals surface area (Å²) in [7, 11) is 0. The van der Waals surface area contributed by atoms with Crippen LogP contribution in [0.4, 0.5) is 0 Å². The molecule has 19 heavy (non-hydrogen) atoms. The molecule has 0 aromatic carbocycles. The summed E-state index contributed by atoms with van der Waals surface area (Å²) < 4.78 is 0. The van der Waals surface area contributed by atoms with Crippen molar-refractivity contribution < 1.29 is 9.90 Å². The van der Waals surface area contributed by atoms with Crippen molar-refractivity contribution in [1.82, 2.24) is 10.2 Å². The minimum absolute atomic E-state index is 0.651. The highest BCUT2D eigenvalue weighted by Crippen LogP contribution is 2.19. The van der Waals surface area contributed by atoms with Crippen molar-refractivity contribution >= 4 is 5.97 Å². The van der Waals surface area contributed by atoms with E-state index in [-0.39, 0.29) is 0 Å². The van der Waals surface area contributed by atoms with Crippen LogP contribution in [0.25, 0.3) is 0 Å². The molecule has 0 radical (unpaired) electrons. The molecule has 0 aliphatic heterocycles. The van der Waals surface area contributed by atoms with Gasteiger partial charge in [0, 0.05) is 0 Å². The number of hydrogen-bond acceptors (Lipinski definition) is 3. The summed E-state index contributed by atoms with van der Waals surface area (Å²) in [6, 6.07) is 0. The summed E-state index contributed by atoms with van der Waals surface area (Å²) in [5, 5.41) is 13.0. The normalized spacial score (nSPS) is 14.6. The van der Waals surface area contributed by atoms with Gasteiger partial charge in [-0.3, -0.25) is 10.2 Å². The second-order valence-electron chi connectivity index (χ2n) is 5.08. The standard InChI is InChI=1S/C15H32N2O2/c1-5-9-10-11-13-16-15(12-6-2,14(18)19)17(7-3)8-4/h16H,5-13H2,1-4H3,(H,18,19). The van der Waals surface area contributed by atoms with E-state index in [9.17, 15) is 9.90 Å². The Kier molecular flexibility index (Phi) is 9.88.